The minimum atomic E-state index is 0.654. The van der Waals surface area contributed by atoms with Crippen LogP contribution in [0, 0.1) is 13.8 Å². The van der Waals surface area contributed by atoms with Crippen LogP contribution in [0.1, 0.15) is 29.4 Å². The van der Waals surface area contributed by atoms with Gasteiger partial charge in [-0.05, 0) is 26.8 Å². The van der Waals surface area contributed by atoms with E-state index in [1.165, 1.54) is 5.56 Å². The molecular weight excluding hydrogens is 302 g/mol. The Labute approximate surface area is 143 Å². The summed E-state index contributed by atoms with van der Waals surface area (Å²) in [6.07, 6.45) is 0. The second-order valence-electron chi connectivity index (χ2n) is 5.59. The van der Waals surface area contributed by atoms with Crippen LogP contribution < -0.4 is 15.4 Å². The fourth-order valence-electron chi connectivity index (χ4n) is 2.59. The molecule has 0 saturated heterocycles. The third-order valence-corrected chi connectivity index (χ3v) is 4.03. The summed E-state index contributed by atoms with van der Waals surface area (Å²) in [5.41, 5.74) is 4.52. The maximum Gasteiger partial charge on any atom is 0.191 e. The molecule has 1 aromatic carbocycles. The molecule has 1 aromatic heterocycles. The van der Waals surface area contributed by atoms with E-state index < -0.39 is 0 Å². The molecule has 2 aromatic rings. The summed E-state index contributed by atoms with van der Waals surface area (Å²) in [6, 6.07) is 8.04. The topological polar surface area (TPSA) is 63.5 Å². The Balaban J connectivity index is 1.96. The molecule has 0 aliphatic rings. The highest BCUT2D eigenvalue weighted by molar-refractivity contribution is 5.79. The molecule has 0 spiro atoms. The Morgan fingerprint density at radius 1 is 1.21 bits per heavy atom. The van der Waals surface area contributed by atoms with Crippen molar-refractivity contribution in [2.75, 3.05) is 13.7 Å². The fraction of sp³-hybridized carbons (Fsp3) is 0.444. The first kappa shape index (κ1) is 17.8. The molecule has 2 rings (SSSR count). The molecule has 0 amide bonds. The predicted molar refractivity (Wildman–Crippen MR) is 97.3 cm³/mol. The van der Waals surface area contributed by atoms with Crippen molar-refractivity contribution >= 4 is 5.96 Å². The van der Waals surface area contributed by atoms with Gasteiger partial charge in [-0.15, -0.1) is 0 Å². The number of guanidine groups is 1. The van der Waals surface area contributed by atoms with Crippen molar-refractivity contribution in [3.05, 3.63) is 46.8 Å². The SMILES string of the molecule is CCOc1ccccc1CNC(=NC)NCc1c(C)nn(C)c1C. The van der Waals surface area contributed by atoms with E-state index in [0.29, 0.717) is 19.7 Å². The van der Waals surface area contributed by atoms with E-state index >= 15 is 0 Å². The summed E-state index contributed by atoms with van der Waals surface area (Å²) < 4.78 is 7.56. The molecule has 6 heteroatoms. The molecular formula is C18H27N5O. The van der Waals surface area contributed by atoms with Gasteiger partial charge in [0, 0.05) is 44.0 Å². The lowest BCUT2D eigenvalue weighted by atomic mass is 10.2. The number of nitrogens with zero attached hydrogens (tertiary/aromatic N) is 3. The number of nitrogens with one attached hydrogen (secondary N) is 2. The van der Waals surface area contributed by atoms with E-state index in [0.717, 1.165) is 28.7 Å². The number of aryl methyl sites for hydroxylation is 2. The van der Waals surface area contributed by atoms with Gasteiger partial charge in [0.25, 0.3) is 0 Å². The molecule has 0 fully saturated rings. The Hall–Kier alpha value is -2.50. The molecule has 24 heavy (non-hydrogen) atoms. The molecule has 0 saturated carbocycles. The number of hydrogen-bond acceptors (Lipinski definition) is 3. The fourth-order valence-corrected chi connectivity index (χ4v) is 2.59. The molecule has 0 radical (unpaired) electrons. The second-order valence-corrected chi connectivity index (χ2v) is 5.59. The van der Waals surface area contributed by atoms with Crippen LogP contribution in [0.2, 0.25) is 0 Å². The third-order valence-electron chi connectivity index (χ3n) is 4.03. The highest BCUT2D eigenvalue weighted by atomic mass is 16.5. The van der Waals surface area contributed by atoms with Gasteiger partial charge >= 0.3 is 0 Å². The standard InChI is InChI=1S/C18H27N5O/c1-6-24-17-10-8-7-9-15(17)11-20-18(19-4)21-12-16-13(2)22-23(5)14(16)3/h7-10H,6,11-12H2,1-5H3,(H2,19,20,21). The first-order valence-electron chi connectivity index (χ1n) is 8.21. The Morgan fingerprint density at radius 2 is 1.92 bits per heavy atom. The number of rotatable bonds is 6. The molecule has 6 nitrogen and oxygen atoms in total. The number of ether oxygens (including phenoxy) is 1. The molecule has 0 bridgehead atoms. The Morgan fingerprint density at radius 3 is 2.54 bits per heavy atom. The predicted octanol–water partition coefficient (Wildman–Crippen LogP) is 2.30. The van der Waals surface area contributed by atoms with Crippen LogP contribution >= 0.6 is 0 Å². The monoisotopic (exact) mass is 329 g/mol. The Bertz CT molecular complexity index is 705. The van der Waals surface area contributed by atoms with E-state index in [4.69, 9.17) is 4.74 Å². The highest BCUT2D eigenvalue weighted by Crippen LogP contribution is 2.17. The van der Waals surface area contributed by atoms with E-state index in [1.54, 1.807) is 7.05 Å². The van der Waals surface area contributed by atoms with Crippen molar-refractivity contribution in [2.45, 2.75) is 33.9 Å². The van der Waals surface area contributed by atoms with Crippen molar-refractivity contribution < 1.29 is 4.74 Å². The lowest BCUT2D eigenvalue weighted by Crippen LogP contribution is -2.36. The van der Waals surface area contributed by atoms with Crippen molar-refractivity contribution in [1.82, 2.24) is 20.4 Å². The number of aliphatic imine (C=N–C) groups is 1. The van der Waals surface area contributed by atoms with Gasteiger partial charge in [0.05, 0.1) is 12.3 Å². The van der Waals surface area contributed by atoms with Gasteiger partial charge in [-0.1, -0.05) is 18.2 Å². The van der Waals surface area contributed by atoms with Crippen LogP contribution in [0.3, 0.4) is 0 Å². The minimum Gasteiger partial charge on any atom is -0.494 e. The zero-order valence-electron chi connectivity index (χ0n) is 15.2. The van der Waals surface area contributed by atoms with E-state index in [2.05, 4.69) is 33.7 Å². The van der Waals surface area contributed by atoms with Gasteiger partial charge in [0.1, 0.15) is 5.75 Å². The number of para-hydroxylation sites is 1. The number of benzene rings is 1. The van der Waals surface area contributed by atoms with Crippen LogP contribution in [0.25, 0.3) is 0 Å². The molecule has 0 atom stereocenters. The van der Waals surface area contributed by atoms with Crippen molar-refractivity contribution in [1.29, 1.82) is 0 Å². The summed E-state index contributed by atoms with van der Waals surface area (Å²) in [5.74, 6) is 1.66. The van der Waals surface area contributed by atoms with Gasteiger partial charge in [-0.3, -0.25) is 9.67 Å². The summed E-state index contributed by atoms with van der Waals surface area (Å²) >= 11 is 0. The average Bonchev–Trinajstić information content (AvgIpc) is 2.82. The maximum atomic E-state index is 5.66. The molecule has 0 aliphatic heterocycles. The largest absolute Gasteiger partial charge is 0.494 e. The normalized spacial score (nSPS) is 11.5. The van der Waals surface area contributed by atoms with Crippen LogP contribution in [-0.2, 0) is 20.1 Å². The summed E-state index contributed by atoms with van der Waals surface area (Å²) in [4.78, 5) is 4.29. The minimum absolute atomic E-state index is 0.654. The van der Waals surface area contributed by atoms with Crippen molar-refractivity contribution in [2.24, 2.45) is 12.0 Å². The lowest BCUT2D eigenvalue weighted by molar-refractivity contribution is 0.336. The van der Waals surface area contributed by atoms with E-state index in [1.807, 2.05) is 43.8 Å². The quantitative estimate of drug-likeness (QED) is 0.630. The molecule has 0 unspecified atom stereocenters. The van der Waals surface area contributed by atoms with Crippen molar-refractivity contribution in [3.8, 4) is 5.75 Å². The molecule has 0 aliphatic carbocycles. The summed E-state index contributed by atoms with van der Waals surface area (Å²) in [6.45, 7) is 8.09. The zero-order chi connectivity index (χ0) is 17.5. The lowest BCUT2D eigenvalue weighted by Gasteiger charge is -2.14. The first-order valence-corrected chi connectivity index (χ1v) is 8.21. The zero-order valence-corrected chi connectivity index (χ0v) is 15.2. The molecule has 1 heterocycles. The highest BCUT2D eigenvalue weighted by Gasteiger charge is 2.10. The smallest absolute Gasteiger partial charge is 0.191 e. The first-order chi connectivity index (χ1) is 11.6. The van der Waals surface area contributed by atoms with Gasteiger partial charge in [-0.2, -0.15) is 5.10 Å². The molecule has 130 valence electrons. The maximum absolute atomic E-state index is 5.66. The second kappa shape index (κ2) is 8.38. The van der Waals surface area contributed by atoms with Crippen LogP contribution in [0.15, 0.2) is 29.3 Å². The third kappa shape index (κ3) is 4.28. The summed E-state index contributed by atoms with van der Waals surface area (Å²) in [5, 5.41) is 11.1. The summed E-state index contributed by atoms with van der Waals surface area (Å²) in [7, 11) is 3.73. The molecule has 2 N–H and O–H groups in total. The van der Waals surface area contributed by atoms with Crippen molar-refractivity contribution in [3.63, 3.8) is 0 Å². The average molecular weight is 329 g/mol. The van der Waals surface area contributed by atoms with Gasteiger partial charge < -0.3 is 15.4 Å². The van der Waals surface area contributed by atoms with Gasteiger partial charge in [-0.25, -0.2) is 0 Å². The van der Waals surface area contributed by atoms with Crippen LogP contribution in [0.5, 0.6) is 5.75 Å². The Kier molecular flexibility index (Phi) is 6.23. The van der Waals surface area contributed by atoms with E-state index in [9.17, 15) is 0 Å². The van der Waals surface area contributed by atoms with Crippen LogP contribution in [0.4, 0.5) is 0 Å². The van der Waals surface area contributed by atoms with Crippen LogP contribution in [-0.4, -0.2) is 29.4 Å². The van der Waals surface area contributed by atoms with Gasteiger partial charge in [0.15, 0.2) is 5.96 Å². The van der Waals surface area contributed by atoms with Gasteiger partial charge in [0.2, 0.25) is 0 Å². The number of aromatic nitrogens is 2. The number of hydrogen-bond donors (Lipinski definition) is 2. The van der Waals surface area contributed by atoms with E-state index in [-0.39, 0.29) is 0 Å².